The second-order valence-electron chi connectivity index (χ2n) is 7.35. The summed E-state index contributed by atoms with van der Waals surface area (Å²) in [5.41, 5.74) is -0.809. The van der Waals surface area contributed by atoms with Gasteiger partial charge >= 0.3 is 5.97 Å². The van der Waals surface area contributed by atoms with Crippen LogP contribution in [0.15, 0.2) is 0 Å². The molecule has 0 spiro atoms. The highest BCUT2D eigenvalue weighted by molar-refractivity contribution is 5.78. The van der Waals surface area contributed by atoms with E-state index in [1.54, 1.807) is 6.92 Å². The standard InChI is InChI=1S/C17H36N2O2/c1-13(2)12-15(5)19(7)11-9-8-10-17(6,16(20)21)18-14(3)4/h13-15,18H,8-12H2,1-7H3,(H,20,21). The minimum Gasteiger partial charge on any atom is -0.480 e. The van der Waals surface area contributed by atoms with Crippen molar-refractivity contribution in [2.45, 2.75) is 84.8 Å². The van der Waals surface area contributed by atoms with Crippen molar-refractivity contribution in [2.75, 3.05) is 13.6 Å². The van der Waals surface area contributed by atoms with Gasteiger partial charge in [0.25, 0.3) is 0 Å². The Bertz CT molecular complexity index is 305. The summed E-state index contributed by atoms with van der Waals surface area (Å²) < 4.78 is 0. The van der Waals surface area contributed by atoms with Crippen LogP contribution in [0.1, 0.15) is 67.2 Å². The van der Waals surface area contributed by atoms with Gasteiger partial charge in [-0.25, -0.2) is 0 Å². The van der Waals surface area contributed by atoms with Crippen LogP contribution in [0.5, 0.6) is 0 Å². The van der Waals surface area contributed by atoms with Crippen LogP contribution < -0.4 is 5.32 Å². The Labute approximate surface area is 131 Å². The lowest BCUT2D eigenvalue weighted by molar-refractivity contribution is -0.144. The summed E-state index contributed by atoms with van der Waals surface area (Å²) in [7, 11) is 2.16. The molecule has 21 heavy (non-hydrogen) atoms. The molecule has 4 nitrogen and oxygen atoms in total. The van der Waals surface area contributed by atoms with E-state index in [-0.39, 0.29) is 6.04 Å². The molecule has 4 heteroatoms. The molecule has 0 bridgehead atoms. The maximum Gasteiger partial charge on any atom is 0.323 e. The van der Waals surface area contributed by atoms with E-state index in [1.165, 1.54) is 6.42 Å². The van der Waals surface area contributed by atoms with Gasteiger partial charge in [-0.05, 0) is 72.9 Å². The van der Waals surface area contributed by atoms with Crippen LogP contribution in [0.3, 0.4) is 0 Å². The number of unbranched alkanes of at least 4 members (excludes halogenated alkanes) is 1. The van der Waals surface area contributed by atoms with Crippen molar-refractivity contribution in [1.82, 2.24) is 10.2 Å². The minimum absolute atomic E-state index is 0.180. The van der Waals surface area contributed by atoms with E-state index in [9.17, 15) is 9.90 Å². The Morgan fingerprint density at radius 3 is 2.19 bits per heavy atom. The van der Waals surface area contributed by atoms with Gasteiger partial charge in [-0.15, -0.1) is 0 Å². The SMILES string of the molecule is CC(C)CC(C)N(C)CCCCC(C)(NC(C)C)C(=O)O. The molecule has 0 aliphatic heterocycles. The summed E-state index contributed by atoms with van der Waals surface area (Å²) in [5, 5.41) is 12.6. The van der Waals surface area contributed by atoms with Gasteiger partial charge in [-0.2, -0.15) is 0 Å². The molecule has 0 radical (unpaired) electrons. The number of carbonyl (C=O) groups is 1. The summed E-state index contributed by atoms with van der Waals surface area (Å²) in [6, 6.07) is 0.768. The molecule has 126 valence electrons. The molecule has 0 aromatic rings. The number of rotatable bonds is 11. The molecule has 2 atom stereocenters. The number of nitrogens with one attached hydrogen (secondary N) is 1. The van der Waals surface area contributed by atoms with Gasteiger partial charge in [0, 0.05) is 12.1 Å². The van der Waals surface area contributed by atoms with E-state index in [0.717, 1.165) is 19.4 Å². The van der Waals surface area contributed by atoms with Gasteiger partial charge in [-0.3, -0.25) is 10.1 Å². The van der Waals surface area contributed by atoms with Crippen molar-refractivity contribution >= 4 is 5.97 Å². The molecule has 0 aliphatic carbocycles. The average Bonchev–Trinajstić information content (AvgIpc) is 2.32. The first-order valence-corrected chi connectivity index (χ1v) is 8.29. The van der Waals surface area contributed by atoms with Gasteiger partial charge < -0.3 is 10.0 Å². The van der Waals surface area contributed by atoms with Crippen LogP contribution in [-0.4, -0.2) is 47.2 Å². The lowest BCUT2D eigenvalue weighted by Crippen LogP contribution is -2.52. The number of aliphatic carboxylic acids is 1. The van der Waals surface area contributed by atoms with Crippen LogP contribution in [-0.2, 0) is 4.79 Å². The zero-order valence-electron chi connectivity index (χ0n) is 15.1. The zero-order valence-corrected chi connectivity index (χ0v) is 15.1. The molecule has 0 amide bonds. The largest absolute Gasteiger partial charge is 0.480 e. The quantitative estimate of drug-likeness (QED) is 0.574. The van der Waals surface area contributed by atoms with Gasteiger partial charge in [0.05, 0.1) is 0 Å². The third-order valence-corrected chi connectivity index (χ3v) is 4.08. The monoisotopic (exact) mass is 300 g/mol. The van der Waals surface area contributed by atoms with Crippen molar-refractivity contribution in [3.63, 3.8) is 0 Å². The van der Waals surface area contributed by atoms with Gasteiger partial charge in [0.15, 0.2) is 0 Å². The summed E-state index contributed by atoms with van der Waals surface area (Å²) in [6.45, 7) is 13.6. The summed E-state index contributed by atoms with van der Waals surface area (Å²) in [5.74, 6) is -0.0364. The lowest BCUT2D eigenvalue weighted by Gasteiger charge is -2.30. The highest BCUT2D eigenvalue weighted by atomic mass is 16.4. The molecule has 0 aliphatic rings. The fraction of sp³-hybridized carbons (Fsp3) is 0.941. The maximum atomic E-state index is 11.4. The van der Waals surface area contributed by atoms with E-state index in [1.807, 2.05) is 13.8 Å². The Kier molecular flexibility index (Phi) is 9.14. The van der Waals surface area contributed by atoms with Gasteiger partial charge in [0.2, 0.25) is 0 Å². The Hall–Kier alpha value is -0.610. The van der Waals surface area contributed by atoms with E-state index >= 15 is 0 Å². The van der Waals surface area contributed by atoms with E-state index in [4.69, 9.17) is 0 Å². The number of nitrogens with zero attached hydrogens (tertiary/aromatic N) is 1. The topological polar surface area (TPSA) is 52.6 Å². The fourth-order valence-electron chi connectivity index (χ4n) is 2.80. The summed E-state index contributed by atoms with van der Waals surface area (Å²) in [6.07, 6.45) is 3.86. The van der Waals surface area contributed by atoms with E-state index < -0.39 is 11.5 Å². The number of hydrogen-bond donors (Lipinski definition) is 2. The summed E-state index contributed by atoms with van der Waals surface area (Å²) >= 11 is 0. The molecule has 0 rings (SSSR count). The highest BCUT2D eigenvalue weighted by Gasteiger charge is 2.32. The third-order valence-electron chi connectivity index (χ3n) is 4.08. The Morgan fingerprint density at radius 1 is 1.19 bits per heavy atom. The van der Waals surface area contributed by atoms with Crippen molar-refractivity contribution in [3.8, 4) is 0 Å². The predicted molar refractivity (Wildman–Crippen MR) is 89.7 cm³/mol. The molecule has 0 saturated carbocycles. The van der Waals surface area contributed by atoms with Crippen molar-refractivity contribution < 1.29 is 9.90 Å². The third kappa shape index (κ3) is 8.42. The molecule has 0 saturated heterocycles. The van der Waals surface area contributed by atoms with E-state index in [0.29, 0.717) is 18.4 Å². The van der Waals surface area contributed by atoms with E-state index in [2.05, 4.69) is 38.0 Å². The van der Waals surface area contributed by atoms with Crippen molar-refractivity contribution in [2.24, 2.45) is 5.92 Å². The molecule has 0 heterocycles. The minimum atomic E-state index is -0.809. The average molecular weight is 300 g/mol. The van der Waals surface area contributed by atoms with Crippen LogP contribution in [0.25, 0.3) is 0 Å². The maximum absolute atomic E-state index is 11.4. The number of carboxylic acid groups (broad SMARTS) is 1. The molecular formula is C17H36N2O2. The number of hydrogen-bond acceptors (Lipinski definition) is 3. The second-order valence-corrected chi connectivity index (χ2v) is 7.35. The molecular weight excluding hydrogens is 264 g/mol. The van der Waals surface area contributed by atoms with Gasteiger partial charge in [-0.1, -0.05) is 13.8 Å². The zero-order chi connectivity index (χ0) is 16.6. The molecule has 0 aromatic carbocycles. The first-order valence-electron chi connectivity index (χ1n) is 8.29. The smallest absolute Gasteiger partial charge is 0.323 e. The molecule has 2 unspecified atom stereocenters. The molecule has 0 aromatic heterocycles. The highest BCUT2D eigenvalue weighted by Crippen LogP contribution is 2.16. The first-order chi connectivity index (χ1) is 9.58. The predicted octanol–water partition coefficient (Wildman–Crippen LogP) is 3.36. The van der Waals surface area contributed by atoms with Crippen molar-refractivity contribution in [3.05, 3.63) is 0 Å². The lowest BCUT2D eigenvalue weighted by atomic mass is 9.93. The van der Waals surface area contributed by atoms with Crippen molar-refractivity contribution in [1.29, 1.82) is 0 Å². The molecule has 2 N–H and O–H groups in total. The number of carboxylic acids is 1. The first kappa shape index (κ1) is 20.4. The second kappa shape index (κ2) is 9.42. The Balaban J connectivity index is 4.14. The van der Waals surface area contributed by atoms with Gasteiger partial charge in [0.1, 0.15) is 5.54 Å². The van der Waals surface area contributed by atoms with Crippen LogP contribution >= 0.6 is 0 Å². The van der Waals surface area contributed by atoms with Crippen LogP contribution in [0, 0.1) is 5.92 Å². The Morgan fingerprint density at radius 2 is 1.76 bits per heavy atom. The fourth-order valence-corrected chi connectivity index (χ4v) is 2.80. The van der Waals surface area contributed by atoms with Crippen LogP contribution in [0.4, 0.5) is 0 Å². The normalized spacial score (nSPS) is 16.5. The summed E-state index contributed by atoms with van der Waals surface area (Å²) in [4.78, 5) is 13.8. The molecule has 0 fully saturated rings. The van der Waals surface area contributed by atoms with Crippen LogP contribution in [0.2, 0.25) is 0 Å².